The normalized spacial score (nSPS) is 17.5. The van der Waals surface area contributed by atoms with Crippen LogP contribution in [0.1, 0.15) is 36.1 Å². The maximum atomic E-state index is 14.9. The van der Waals surface area contributed by atoms with Crippen molar-refractivity contribution in [1.82, 2.24) is 4.98 Å². The molecule has 0 fully saturated rings. The van der Waals surface area contributed by atoms with Crippen molar-refractivity contribution in [3.63, 3.8) is 0 Å². The number of para-hydroxylation sites is 1. The summed E-state index contributed by atoms with van der Waals surface area (Å²) in [5, 5.41) is 0.926. The minimum absolute atomic E-state index is 0.00920. The monoisotopic (exact) mass is 348 g/mol. The molecule has 0 N–H and O–H groups in total. The van der Waals surface area contributed by atoms with E-state index in [1.165, 1.54) is 19.9 Å². The van der Waals surface area contributed by atoms with Gasteiger partial charge in [0.1, 0.15) is 5.54 Å². The van der Waals surface area contributed by atoms with Crippen LogP contribution in [0.4, 0.5) is 8.78 Å². The van der Waals surface area contributed by atoms with Crippen molar-refractivity contribution in [3.05, 3.63) is 83.6 Å². The lowest BCUT2D eigenvalue weighted by atomic mass is 9.81. The van der Waals surface area contributed by atoms with Crippen molar-refractivity contribution >= 4 is 22.7 Å². The Bertz CT molecular complexity index is 1060. The van der Waals surface area contributed by atoms with E-state index in [0.29, 0.717) is 11.3 Å². The Morgan fingerprint density at radius 3 is 2.58 bits per heavy atom. The topological polar surface area (TPSA) is 25.2 Å². The Labute approximate surface area is 150 Å². The van der Waals surface area contributed by atoms with Crippen LogP contribution in [0.3, 0.4) is 0 Å². The Morgan fingerprint density at radius 1 is 1.04 bits per heavy atom. The van der Waals surface area contributed by atoms with Gasteiger partial charge in [0, 0.05) is 33.8 Å². The van der Waals surface area contributed by atoms with Gasteiger partial charge in [-0.2, -0.15) is 8.78 Å². The second-order valence-electron chi connectivity index (χ2n) is 6.99. The highest BCUT2D eigenvalue weighted by Gasteiger charge is 2.52. The number of benzene rings is 2. The van der Waals surface area contributed by atoms with Crippen molar-refractivity contribution in [3.8, 4) is 0 Å². The van der Waals surface area contributed by atoms with Gasteiger partial charge in [-0.05, 0) is 19.9 Å². The largest absolute Gasteiger partial charge is 0.297 e. The quantitative estimate of drug-likeness (QED) is 0.592. The number of aromatic nitrogens is 1. The highest BCUT2D eigenvalue weighted by molar-refractivity contribution is 6.15. The van der Waals surface area contributed by atoms with Crippen molar-refractivity contribution in [2.75, 3.05) is 0 Å². The first-order chi connectivity index (χ1) is 12.3. The molecule has 2 heterocycles. The SMILES string of the molecule is C=Cc1cccc2cc(C3=NC(C)(C)C(F)(F)c4ccccc43)cnc12. The van der Waals surface area contributed by atoms with Gasteiger partial charge in [0.25, 0.3) is 5.92 Å². The molecule has 0 spiro atoms. The Morgan fingerprint density at radius 2 is 1.81 bits per heavy atom. The number of aliphatic imine (C=N–C) groups is 1. The molecule has 2 aromatic carbocycles. The Balaban J connectivity index is 1.97. The van der Waals surface area contributed by atoms with Gasteiger partial charge >= 0.3 is 0 Å². The fraction of sp³-hybridized carbons (Fsp3) is 0.182. The van der Waals surface area contributed by atoms with Gasteiger partial charge in [0.15, 0.2) is 0 Å². The van der Waals surface area contributed by atoms with Gasteiger partial charge in [-0.25, -0.2) is 0 Å². The summed E-state index contributed by atoms with van der Waals surface area (Å²) in [5.74, 6) is -3.03. The molecule has 0 amide bonds. The molecule has 4 heteroatoms. The minimum Gasteiger partial charge on any atom is -0.271 e. The molecule has 1 aliphatic heterocycles. The zero-order chi connectivity index (χ0) is 18.5. The summed E-state index contributed by atoms with van der Waals surface area (Å²) in [4.78, 5) is 8.98. The van der Waals surface area contributed by atoms with E-state index >= 15 is 0 Å². The van der Waals surface area contributed by atoms with Crippen molar-refractivity contribution in [1.29, 1.82) is 0 Å². The lowest BCUT2D eigenvalue weighted by Gasteiger charge is -2.37. The van der Waals surface area contributed by atoms with Crippen LogP contribution in [0.25, 0.3) is 17.0 Å². The number of hydrogen-bond acceptors (Lipinski definition) is 2. The molecule has 0 bridgehead atoms. The van der Waals surface area contributed by atoms with Gasteiger partial charge in [-0.1, -0.05) is 55.1 Å². The first-order valence-corrected chi connectivity index (χ1v) is 8.44. The fourth-order valence-corrected chi connectivity index (χ4v) is 3.40. The molecule has 2 nitrogen and oxygen atoms in total. The molecule has 0 atom stereocenters. The molecule has 26 heavy (non-hydrogen) atoms. The zero-order valence-electron chi connectivity index (χ0n) is 14.6. The Hall–Kier alpha value is -2.88. The summed E-state index contributed by atoms with van der Waals surface area (Å²) >= 11 is 0. The molecule has 4 rings (SSSR count). The van der Waals surface area contributed by atoms with E-state index in [0.717, 1.165) is 22.0 Å². The van der Waals surface area contributed by atoms with E-state index in [1.54, 1.807) is 30.5 Å². The van der Waals surface area contributed by atoms with Crippen LogP contribution in [0.2, 0.25) is 0 Å². The van der Waals surface area contributed by atoms with Crippen LogP contribution in [0, 0.1) is 0 Å². The van der Waals surface area contributed by atoms with Gasteiger partial charge in [0.05, 0.1) is 11.2 Å². The summed E-state index contributed by atoms with van der Waals surface area (Å²) in [6.07, 6.45) is 3.45. The number of fused-ring (bicyclic) bond motifs is 2. The predicted molar refractivity (Wildman–Crippen MR) is 102 cm³/mol. The van der Waals surface area contributed by atoms with E-state index in [2.05, 4.69) is 16.6 Å². The highest BCUT2D eigenvalue weighted by atomic mass is 19.3. The van der Waals surface area contributed by atoms with E-state index < -0.39 is 11.5 Å². The van der Waals surface area contributed by atoms with Gasteiger partial charge in [0.2, 0.25) is 0 Å². The van der Waals surface area contributed by atoms with Crippen LogP contribution in [0.5, 0.6) is 0 Å². The van der Waals surface area contributed by atoms with E-state index in [4.69, 9.17) is 0 Å². The molecule has 0 unspecified atom stereocenters. The van der Waals surface area contributed by atoms with Crippen LogP contribution in [-0.2, 0) is 5.92 Å². The second kappa shape index (κ2) is 5.56. The molecular weight excluding hydrogens is 330 g/mol. The standard InChI is InChI=1S/C22H18F2N2/c1-4-14-8-7-9-15-12-16(13-25-19(14)15)20-17-10-5-6-11-18(17)22(23,24)21(2,3)26-20/h4-13H,1H2,2-3H3. The van der Waals surface area contributed by atoms with Gasteiger partial charge in [-0.3, -0.25) is 9.98 Å². The molecule has 0 saturated heterocycles. The third kappa shape index (κ3) is 2.29. The van der Waals surface area contributed by atoms with E-state index in [9.17, 15) is 8.78 Å². The third-order valence-corrected chi connectivity index (χ3v) is 4.92. The van der Waals surface area contributed by atoms with Crippen LogP contribution >= 0.6 is 0 Å². The summed E-state index contributed by atoms with van der Waals surface area (Å²) in [5.41, 5.74) is 1.99. The fourth-order valence-electron chi connectivity index (χ4n) is 3.40. The summed E-state index contributed by atoms with van der Waals surface area (Å²) in [6, 6.07) is 14.3. The van der Waals surface area contributed by atoms with Crippen molar-refractivity contribution < 1.29 is 8.78 Å². The maximum Gasteiger partial charge on any atom is 0.297 e. The molecule has 1 aromatic heterocycles. The predicted octanol–water partition coefficient (Wildman–Crippen LogP) is 5.60. The molecule has 1 aliphatic rings. The number of halogens is 2. The number of alkyl halides is 2. The number of nitrogens with zero attached hydrogens (tertiary/aromatic N) is 2. The zero-order valence-corrected chi connectivity index (χ0v) is 14.6. The smallest absolute Gasteiger partial charge is 0.271 e. The second-order valence-corrected chi connectivity index (χ2v) is 6.99. The van der Waals surface area contributed by atoms with E-state index in [1.807, 2.05) is 24.3 Å². The average molecular weight is 348 g/mol. The first-order valence-electron chi connectivity index (χ1n) is 8.44. The van der Waals surface area contributed by atoms with Crippen molar-refractivity contribution in [2.45, 2.75) is 25.3 Å². The van der Waals surface area contributed by atoms with E-state index in [-0.39, 0.29) is 5.56 Å². The lowest BCUT2D eigenvalue weighted by molar-refractivity contribution is -0.0681. The minimum atomic E-state index is -3.03. The Kier molecular flexibility index (Phi) is 3.55. The van der Waals surface area contributed by atoms with Crippen molar-refractivity contribution in [2.24, 2.45) is 4.99 Å². The molecule has 0 radical (unpaired) electrons. The first kappa shape index (κ1) is 16.6. The summed E-state index contributed by atoms with van der Waals surface area (Å²) in [7, 11) is 0. The lowest BCUT2D eigenvalue weighted by Crippen LogP contribution is -2.44. The van der Waals surface area contributed by atoms with Crippen LogP contribution < -0.4 is 0 Å². The van der Waals surface area contributed by atoms with Gasteiger partial charge < -0.3 is 0 Å². The summed E-state index contributed by atoms with van der Waals surface area (Å²) < 4.78 is 29.8. The molecular formula is C22H18F2N2. The maximum absolute atomic E-state index is 14.9. The number of hydrogen-bond donors (Lipinski definition) is 0. The molecule has 3 aromatic rings. The van der Waals surface area contributed by atoms with Crippen LogP contribution in [-0.4, -0.2) is 16.2 Å². The van der Waals surface area contributed by atoms with Gasteiger partial charge in [-0.15, -0.1) is 0 Å². The summed E-state index contributed by atoms with van der Waals surface area (Å²) in [6.45, 7) is 6.74. The highest BCUT2D eigenvalue weighted by Crippen LogP contribution is 2.46. The molecule has 130 valence electrons. The van der Waals surface area contributed by atoms with Crippen LogP contribution in [0.15, 0.2) is 66.3 Å². The average Bonchev–Trinajstić information content (AvgIpc) is 2.64. The number of rotatable bonds is 2. The number of pyridine rings is 1. The molecule has 0 saturated carbocycles. The third-order valence-electron chi connectivity index (χ3n) is 4.92. The molecule has 0 aliphatic carbocycles.